The van der Waals surface area contributed by atoms with Crippen LogP contribution in [-0.4, -0.2) is 29.9 Å². The molecule has 1 atom stereocenters. The summed E-state index contributed by atoms with van der Waals surface area (Å²) in [4.78, 5) is 4.53. The summed E-state index contributed by atoms with van der Waals surface area (Å²) in [6, 6.07) is 14.3. The zero-order valence-corrected chi connectivity index (χ0v) is 11.5. The quantitative estimate of drug-likeness (QED) is 0.782. The fourth-order valence-corrected chi connectivity index (χ4v) is 2.63. The van der Waals surface area contributed by atoms with Gasteiger partial charge in [0.2, 0.25) is 11.7 Å². The van der Waals surface area contributed by atoms with E-state index >= 15 is 0 Å². The Labute approximate surface area is 121 Å². The highest BCUT2D eigenvalue weighted by Crippen LogP contribution is 2.27. The summed E-state index contributed by atoms with van der Waals surface area (Å²) in [6.07, 6.45) is 0. The summed E-state index contributed by atoms with van der Waals surface area (Å²) in [5.41, 5.74) is 0.986. The van der Waals surface area contributed by atoms with Gasteiger partial charge in [0.1, 0.15) is 6.04 Å². The largest absolute Gasteiger partial charge is 0.378 e. The molecule has 0 aliphatic carbocycles. The molecule has 21 heavy (non-hydrogen) atoms. The third-order valence-corrected chi connectivity index (χ3v) is 3.69. The van der Waals surface area contributed by atoms with Crippen LogP contribution in [0.1, 0.15) is 11.9 Å². The number of nitrogens with zero attached hydrogens (tertiary/aromatic N) is 2. The number of rotatable bonds is 2. The van der Waals surface area contributed by atoms with Gasteiger partial charge in [0.25, 0.3) is 0 Å². The molecule has 1 saturated heterocycles. The van der Waals surface area contributed by atoms with E-state index in [-0.39, 0.29) is 6.04 Å². The summed E-state index contributed by atoms with van der Waals surface area (Å²) < 4.78 is 10.8. The van der Waals surface area contributed by atoms with Crippen LogP contribution in [-0.2, 0) is 4.74 Å². The minimum Gasteiger partial charge on any atom is -0.378 e. The normalized spacial score (nSPS) is 19.0. The summed E-state index contributed by atoms with van der Waals surface area (Å²) in [6.45, 7) is 2.09. The lowest BCUT2D eigenvalue weighted by Gasteiger charge is -2.20. The molecule has 0 saturated carbocycles. The number of hydrogen-bond donors (Lipinski definition) is 1. The molecule has 106 valence electrons. The molecule has 1 aromatic heterocycles. The molecule has 0 spiro atoms. The second-order valence-corrected chi connectivity index (χ2v) is 5.06. The van der Waals surface area contributed by atoms with Crippen LogP contribution in [0.25, 0.3) is 22.2 Å². The standard InChI is InChI=1S/C16H15N3O2/c1-2-6-12-11(4-1)5-3-7-13(12)15-18-16(21-19-15)14-10-20-9-8-17-14/h1-7,14,17H,8-10H2. The number of aromatic nitrogens is 2. The number of ether oxygens (including phenoxy) is 1. The van der Waals surface area contributed by atoms with Crippen LogP contribution in [0.4, 0.5) is 0 Å². The van der Waals surface area contributed by atoms with E-state index in [1.54, 1.807) is 0 Å². The monoisotopic (exact) mass is 281 g/mol. The van der Waals surface area contributed by atoms with E-state index in [1.165, 1.54) is 5.39 Å². The second-order valence-electron chi connectivity index (χ2n) is 5.06. The van der Waals surface area contributed by atoms with E-state index in [4.69, 9.17) is 9.26 Å². The van der Waals surface area contributed by atoms with Gasteiger partial charge in [0, 0.05) is 12.1 Å². The number of morpholine rings is 1. The van der Waals surface area contributed by atoms with Gasteiger partial charge in [-0.15, -0.1) is 0 Å². The lowest BCUT2D eigenvalue weighted by molar-refractivity contribution is 0.0659. The number of nitrogens with one attached hydrogen (secondary N) is 1. The lowest BCUT2D eigenvalue weighted by Crippen LogP contribution is -2.34. The molecule has 0 radical (unpaired) electrons. The van der Waals surface area contributed by atoms with Gasteiger partial charge < -0.3 is 14.6 Å². The third-order valence-electron chi connectivity index (χ3n) is 3.69. The second kappa shape index (κ2) is 5.27. The number of benzene rings is 2. The molecule has 3 aromatic rings. The first-order valence-corrected chi connectivity index (χ1v) is 7.05. The maximum absolute atomic E-state index is 5.43. The van der Waals surface area contributed by atoms with E-state index < -0.39 is 0 Å². The Morgan fingerprint density at radius 3 is 2.90 bits per heavy atom. The molecule has 1 aliphatic heterocycles. The SMILES string of the molecule is c1ccc2c(-c3noc(C4COCCN4)n3)cccc2c1. The fourth-order valence-electron chi connectivity index (χ4n) is 2.63. The molecule has 5 nitrogen and oxygen atoms in total. The number of fused-ring (bicyclic) bond motifs is 1. The Hall–Kier alpha value is -2.24. The van der Waals surface area contributed by atoms with Crippen LogP contribution in [0.2, 0.25) is 0 Å². The summed E-state index contributed by atoms with van der Waals surface area (Å²) >= 11 is 0. The van der Waals surface area contributed by atoms with Gasteiger partial charge in [-0.25, -0.2) is 0 Å². The van der Waals surface area contributed by atoms with Crippen LogP contribution in [0.5, 0.6) is 0 Å². The molecule has 2 aromatic carbocycles. The Balaban J connectivity index is 1.74. The van der Waals surface area contributed by atoms with Crippen molar-refractivity contribution in [2.24, 2.45) is 0 Å². The van der Waals surface area contributed by atoms with Gasteiger partial charge in [-0.1, -0.05) is 47.6 Å². The van der Waals surface area contributed by atoms with Crippen molar-refractivity contribution in [3.63, 3.8) is 0 Å². The van der Waals surface area contributed by atoms with Crippen molar-refractivity contribution in [1.82, 2.24) is 15.5 Å². The zero-order chi connectivity index (χ0) is 14.1. The first-order valence-electron chi connectivity index (χ1n) is 7.05. The molecule has 5 heteroatoms. The molecule has 1 aliphatic rings. The number of hydrogen-bond acceptors (Lipinski definition) is 5. The molecule has 1 N–H and O–H groups in total. The molecule has 1 unspecified atom stereocenters. The van der Waals surface area contributed by atoms with E-state index in [2.05, 4.69) is 33.7 Å². The molecular formula is C16H15N3O2. The molecule has 0 amide bonds. The molecule has 2 heterocycles. The van der Waals surface area contributed by atoms with Crippen molar-refractivity contribution in [3.8, 4) is 11.4 Å². The van der Waals surface area contributed by atoms with Crippen molar-refractivity contribution in [3.05, 3.63) is 48.4 Å². The first kappa shape index (κ1) is 12.5. The Kier molecular flexibility index (Phi) is 3.14. The van der Waals surface area contributed by atoms with E-state index in [9.17, 15) is 0 Å². The maximum Gasteiger partial charge on any atom is 0.246 e. The Morgan fingerprint density at radius 1 is 1.10 bits per heavy atom. The summed E-state index contributed by atoms with van der Waals surface area (Å²) in [7, 11) is 0. The third kappa shape index (κ3) is 2.30. The highest BCUT2D eigenvalue weighted by atomic mass is 16.5. The molecule has 0 bridgehead atoms. The van der Waals surface area contributed by atoms with Gasteiger partial charge >= 0.3 is 0 Å². The minimum atomic E-state index is -0.0185. The average molecular weight is 281 g/mol. The summed E-state index contributed by atoms with van der Waals surface area (Å²) in [5.74, 6) is 1.20. The Morgan fingerprint density at radius 2 is 2.00 bits per heavy atom. The fraction of sp³-hybridized carbons (Fsp3) is 0.250. The van der Waals surface area contributed by atoms with E-state index in [0.29, 0.717) is 18.3 Å². The van der Waals surface area contributed by atoms with Gasteiger partial charge in [-0.05, 0) is 10.8 Å². The highest BCUT2D eigenvalue weighted by molar-refractivity contribution is 5.94. The topological polar surface area (TPSA) is 60.2 Å². The highest BCUT2D eigenvalue weighted by Gasteiger charge is 2.22. The average Bonchev–Trinajstić information content (AvgIpc) is 3.05. The van der Waals surface area contributed by atoms with Gasteiger partial charge in [-0.2, -0.15) is 4.98 Å². The van der Waals surface area contributed by atoms with Crippen LogP contribution in [0.3, 0.4) is 0 Å². The predicted molar refractivity (Wildman–Crippen MR) is 78.8 cm³/mol. The minimum absolute atomic E-state index is 0.0185. The Bertz CT molecular complexity index is 758. The maximum atomic E-state index is 5.43. The van der Waals surface area contributed by atoms with Crippen LogP contribution >= 0.6 is 0 Å². The molecular weight excluding hydrogens is 266 g/mol. The van der Waals surface area contributed by atoms with Crippen LogP contribution < -0.4 is 5.32 Å². The smallest absolute Gasteiger partial charge is 0.246 e. The van der Waals surface area contributed by atoms with Crippen molar-refractivity contribution in [2.45, 2.75) is 6.04 Å². The van der Waals surface area contributed by atoms with Crippen LogP contribution in [0.15, 0.2) is 47.0 Å². The predicted octanol–water partition coefficient (Wildman–Crippen LogP) is 2.55. The van der Waals surface area contributed by atoms with E-state index in [0.717, 1.165) is 24.1 Å². The lowest BCUT2D eigenvalue weighted by atomic mass is 10.0. The van der Waals surface area contributed by atoms with E-state index in [1.807, 2.05) is 24.3 Å². The van der Waals surface area contributed by atoms with Crippen molar-refractivity contribution >= 4 is 10.8 Å². The van der Waals surface area contributed by atoms with Crippen molar-refractivity contribution in [2.75, 3.05) is 19.8 Å². The van der Waals surface area contributed by atoms with Gasteiger partial charge in [0.05, 0.1) is 13.2 Å². The van der Waals surface area contributed by atoms with Crippen molar-refractivity contribution < 1.29 is 9.26 Å². The molecule has 1 fully saturated rings. The van der Waals surface area contributed by atoms with Crippen LogP contribution in [0, 0.1) is 0 Å². The molecule has 4 rings (SSSR count). The zero-order valence-electron chi connectivity index (χ0n) is 11.5. The van der Waals surface area contributed by atoms with Crippen molar-refractivity contribution in [1.29, 1.82) is 0 Å². The summed E-state index contributed by atoms with van der Waals surface area (Å²) in [5, 5.41) is 9.74. The van der Waals surface area contributed by atoms with Gasteiger partial charge in [0.15, 0.2) is 0 Å². The first-order chi connectivity index (χ1) is 10.4. The van der Waals surface area contributed by atoms with Gasteiger partial charge in [-0.3, -0.25) is 0 Å².